The summed E-state index contributed by atoms with van der Waals surface area (Å²) in [4.78, 5) is 17.5. The average molecular weight is 267 g/mol. The van der Waals surface area contributed by atoms with Gasteiger partial charge in [-0.1, -0.05) is 6.07 Å². The van der Waals surface area contributed by atoms with Crippen LogP contribution in [0.5, 0.6) is 0 Å². The summed E-state index contributed by atoms with van der Waals surface area (Å²) in [5.41, 5.74) is 0. The first-order valence-electron chi connectivity index (χ1n) is 6.27. The van der Waals surface area contributed by atoms with E-state index in [1.807, 2.05) is 32.0 Å². The Balaban J connectivity index is 2.16. The first kappa shape index (κ1) is 13.5. The van der Waals surface area contributed by atoms with Crippen LogP contribution in [0.1, 0.15) is 24.9 Å². The third-order valence-electron chi connectivity index (χ3n) is 3.53. The van der Waals surface area contributed by atoms with E-state index in [4.69, 9.17) is 0 Å². The minimum atomic E-state index is -0.0912. The van der Waals surface area contributed by atoms with Gasteiger partial charge in [0.05, 0.1) is 6.04 Å². The minimum absolute atomic E-state index is 0.0369. The molecular weight excluding hydrogens is 246 g/mol. The molecule has 3 unspecified atom stereocenters. The lowest BCUT2D eigenvalue weighted by Gasteiger charge is -2.29. The Labute approximate surface area is 113 Å². The van der Waals surface area contributed by atoms with E-state index in [1.54, 1.807) is 11.3 Å². The molecule has 0 spiro atoms. The molecule has 1 saturated heterocycles. The van der Waals surface area contributed by atoms with Crippen molar-refractivity contribution in [3.05, 3.63) is 22.4 Å². The van der Waals surface area contributed by atoms with Crippen LogP contribution in [0, 0.1) is 0 Å². The van der Waals surface area contributed by atoms with E-state index in [1.165, 1.54) is 4.88 Å². The van der Waals surface area contributed by atoms with Crippen LogP contribution in [0.25, 0.3) is 0 Å². The zero-order valence-electron chi connectivity index (χ0n) is 11.4. The molecule has 100 valence electrons. The Hall–Kier alpha value is -0.910. The summed E-state index contributed by atoms with van der Waals surface area (Å²) in [6.45, 7) is 4.83. The predicted octanol–water partition coefficient (Wildman–Crippen LogP) is 1.52. The zero-order chi connectivity index (χ0) is 13.3. The van der Waals surface area contributed by atoms with Gasteiger partial charge in [0.2, 0.25) is 5.91 Å². The van der Waals surface area contributed by atoms with Gasteiger partial charge in [-0.25, -0.2) is 0 Å². The summed E-state index contributed by atoms with van der Waals surface area (Å²) in [6.07, 6.45) is 0.0369. The molecule has 0 bridgehead atoms. The van der Waals surface area contributed by atoms with Gasteiger partial charge in [-0.15, -0.1) is 11.3 Å². The molecule has 2 heterocycles. The molecule has 18 heavy (non-hydrogen) atoms. The van der Waals surface area contributed by atoms with Crippen LogP contribution >= 0.6 is 11.3 Å². The summed E-state index contributed by atoms with van der Waals surface area (Å²) in [5, 5.41) is 5.42. The van der Waals surface area contributed by atoms with Crippen molar-refractivity contribution in [2.45, 2.75) is 32.1 Å². The molecular formula is C13H21N3OS. The SMILES string of the molecule is CC1NC(c2cccs2)N(CC(C)N(C)C)C1=O. The van der Waals surface area contributed by atoms with Crippen LogP contribution in [0.2, 0.25) is 0 Å². The summed E-state index contributed by atoms with van der Waals surface area (Å²) >= 11 is 1.69. The fourth-order valence-corrected chi connectivity index (χ4v) is 2.90. The number of carbonyl (C=O) groups excluding carboxylic acids is 1. The van der Waals surface area contributed by atoms with Gasteiger partial charge < -0.3 is 9.80 Å². The maximum atomic E-state index is 12.2. The average Bonchev–Trinajstić information content (AvgIpc) is 2.92. The van der Waals surface area contributed by atoms with Crippen molar-refractivity contribution in [2.24, 2.45) is 0 Å². The number of thiophene rings is 1. The Morgan fingerprint density at radius 1 is 1.56 bits per heavy atom. The highest BCUT2D eigenvalue weighted by atomic mass is 32.1. The van der Waals surface area contributed by atoms with Crippen LogP contribution in [0.15, 0.2) is 17.5 Å². The minimum Gasteiger partial charge on any atom is -0.319 e. The molecule has 1 amide bonds. The summed E-state index contributed by atoms with van der Waals surface area (Å²) in [7, 11) is 4.09. The lowest BCUT2D eigenvalue weighted by atomic mass is 10.2. The highest BCUT2D eigenvalue weighted by Crippen LogP contribution is 2.28. The third-order valence-corrected chi connectivity index (χ3v) is 4.45. The van der Waals surface area contributed by atoms with Crippen molar-refractivity contribution >= 4 is 17.2 Å². The van der Waals surface area contributed by atoms with E-state index >= 15 is 0 Å². The molecule has 1 aromatic heterocycles. The number of nitrogens with one attached hydrogen (secondary N) is 1. The molecule has 5 heteroatoms. The van der Waals surface area contributed by atoms with Crippen LogP contribution in [0.3, 0.4) is 0 Å². The first-order chi connectivity index (χ1) is 8.50. The predicted molar refractivity (Wildman–Crippen MR) is 74.5 cm³/mol. The van der Waals surface area contributed by atoms with E-state index < -0.39 is 0 Å². The Bertz CT molecular complexity index is 404. The lowest BCUT2D eigenvalue weighted by Crippen LogP contribution is -2.41. The van der Waals surface area contributed by atoms with Crippen LogP contribution in [-0.2, 0) is 4.79 Å². The summed E-state index contributed by atoms with van der Waals surface area (Å²) < 4.78 is 0. The maximum absolute atomic E-state index is 12.2. The second-order valence-corrected chi connectivity index (χ2v) is 6.09. The highest BCUT2D eigenvalue weighted by Gasteiger charge is 2.38. The first-order valence-corrected chi connectivity index (χ1v) is 7.15. The van der Waals surface area contributed by atoms with E-state index in [2.05, 4.69) is 28.6 Å². The van der Waals surface area contributed by atoms with Crippen molar-refractivity contribution < 1.29 is 4.79 Å². The van der Waals surface area contributed by atoms with Crippen molar-refractivity contribution in [2.75, 3.05) is 20.6 Å². The Morgan fingerprint density at radius 3 is 2.83 bits per heavy atom. The fraction of sp³-hybridized carbons (Fsp3) is 0.615. The Morgan fingerprint density at radius 2 is 2.28 bits per heavy atom. The smallest absolute Gasteiger partial charge is 0.241 e. The van der Waals surface area contributed by atoms with E-state index in [-0.39, 0.29) is 18.1 Å². The van der Waals surface area contributed by atoms with Crippen molar-refractivity contribution in [3.8, 4) is 0 Å². The largest absolute Gasteiger partial charge is 0.319 e. The van der Waals surface area contributed by atoms with Gasteiger partial charge in [-0.3, -0.25) is 10.1 Å². The number of nitrogens with zero attached hydrogens (tertiary/aromatic N) is 2. The molecule has 1 N–H and O–H groups in total. The molecule has 0 aromatic carbocycles. The monoisotopic (exact) mass is 267 g/mol. The molecule has 2 rings (SSSR count). The molecule has 0 radical (unpaired) electrons. The third kappa shape index (κ3) is 2.58. The van der Waals surface area contributed by atoms with Crippen molar-refractivity contribution in [1.82, 2.24) is 15.1 Å². The normalized spacial score (nSPS) is 26.1. The summed E-state index contributed by atoms with van der Waals surface area (Å²) in [6, 6.07) is 4.37. The highest BCUT2D eigenvalue weighted by molar-refractivity contribution is 7.10. The molecule has 1 aliphatic heterocycles. The summed E-state index contributed by atoms with van der Waals surface area (Å²) in [5.74, 6) is 0.196. The van der Waals surface area contributed by atoms with Gasteiger partial charge in [0.15, 0.2) is 0 Å². The van der Waals surface area contributed by atoms with Crippen LogP contribution < -0.4 is 5.32 Å². The van der Waals surface area contributed by atoms with Crippen LogP contribution in [-0.4, -0.2) is 48.4 Å². The molecule has 0 saturated carbocycles. The number of likely N-dealkylation sites (N-methyl/N-ethyl adjacent to an activating group) is 1. The second kappa shape index (κ2) is 5.38. The van der Waals surface area contributed by atoms with Crippen molar-refractivity contribution in [3.63, 3.8) is 0 Å². The lowest BCUT2D eigenvalue weighted by molar-refractivity contribution is -0.130. The van der Waals surface area contributed by atoms with E-state index in [0.29, 0.717) is 6.04 Å². The Kier molecular flexibility index (Phi) is 4.04. The molecule has 4 nitrogen and oxygen atoms in total. The molecule has 1 fully saturated rings. The number of hydrogen-bond acceptors (Lipinski definition) is 4. The van der Waals surface area contributed by atoms with E-state index in [0.717, 1.165) is 6.54 Å². The molecule has 0 aliphatic carbocycles. The van der Waals surface area contributed by atoms with E-state index in [9.17, 15) is 4.79 Å². The number of amides is 1. The molecule has 3 atom stereocenters. The van der Waals surface area contributed by atoms with Gasteiger partial charge in [-0.05, 0) is 39.4 Å². The number of carbonyl (C=O) groups is 1. The van der Waals surface area contributed by atoms with Gasteiger partial charge in [0.1, 0.15) is 6.17 Å². The maximum Gasteiger partial charge on any atom is 0.241 e. The fourth-order valence-electron chi connectivity index (χ4n) is 2.10. The van der Waals surface area contributed by atoms with Gasteiger partial charge in [0.25, 0.3) is 0 Å². The molecule has 1 aromatic rings. The van der Waals surface area contributed by atoms with Crippen LogP contribution in [0.4, 0.5) is 0 Å². The van der Waals surface area contributed by atoms with Gasteiger partial charge in [-0.2, -0.15) is 0 Å². The quantitative estimate of drug-likeness (QED) is 0.898. The topological polar surface area (TPSA) is 35.6 Å². The number of hydrogen-bond donors (Lipinski definition) is 1. The van der Waals surface area contributed by atoms with Gasteiger partial charge in [0, 0.05) is 17.5 Å². The zero-order valence-corrected chi connectivity index (χ0v) is 12.2. The second-order valence-electron chi connectivity index (χ2n) is 5.11. The molecule has 1 aliphatic rings. The van der Waals surface area contributed by atoms with Gasteiger partial charge >= 0.3 is 0 Å². The van der Waals surface area contributed by atoms with Crippen molar-refractivity contribution in [1.29, 1.82) is 0 Å². The standard InChI is InChI=1S/C13H21N3OS/c1-9(15(3)4)8-16-12(11-6-5-7-18-11)14-10(2)13(16)17/h5-7,9-10,12,14H,8H2,1-4H3. The number of rotatable bonds is 4.